The summed E-state index contributed by atoms with van der Waals surface area (Å²) in [5, 5.41) is 0. The highest BCUT2D eigenvalue weighted by Gasteiger charge is 2.32. The van der Waals surface area contributed by atoms with E-state index in [9.17, 15) is 18.0 Å². The molecular formula is C27H26F3IN2O2. The number of hydrogen-bond acceptors (Lipinski definition) is 3. The van der Waals surface area contributed by atoms with Gasteiger partial charge in [-0.05, 0) is 73.4 Å². The lowest BCUT2D eigenvalue weighted by Gasteiger charge is -2.20. The number of amides is 1. The van der Waals surface area contributed by atoms with Crippen molar-refractivity contribution < 1.29 is 22.7 Å². The molecule has 1 aliphatic rings. The summed E-state index contributed by atoms with van der Waals surface area (Å²) in [6, 6.07) is 13.0. The predicted molar refractivity (Wildman–Crippen MR) is 138 cm³/mol. The summed E-state index contributed by atoms with van der Waals surface area (Å²) in [4.78, 5) is 19.3. The molecule has 1 unspecified atom stereocenters. The molecule has 0 saturated carbocycles. The number of alkyl halides is 4. The zero-order chi connectivity index (χ0) is 25.2. The first-order valence-corrected chi connectivity index (χ1v) is 13.0. The molecule has 0 aliphatic carbocycles. The maximum absolute atomic E-state index is 13.5. The van der Waals surface area contributed by atoms with Gasteiger partial charge in [0.05, 0.1) is 11.7 Å². The van der Waals surface area contributed by atoms with Crippen molar-refractivity contribution in [3.63, 3.8) is 0 Å². The number of ether oxygens (including phenoxy) is 1. The van der Waals surface area contributed by atoms with E-state index in [0.29, 0.717) is 45.5 Å². The molecule has 1 saturated heterocycles. The topological polar surface area (TPSA) is 42.4 Å². The van der Waals surface area contributed by atoms with Gasteiger partial charge in [-0.15, -0.1) is 0 Å². The Kier molecular flexibility index (Phi) is 7.68. The van der Waals surface area contributed by atoms with Gasteiger partial charge in [-0.2, -0.15) is 13.2 Å². The van der Waals surface area contributed by atoms with E-state index in [1.165, 1.54) is 6.07 Å². The molecule has 1 aromatic heterocycles. The number of carbonyl (C=O) groups is 1. The molecule has 0 bridgehead atoms. The number of halogens is 4. The van der Waals surface area contributed by atoms with Gasteiger partial charge in [-0.25, -0.2) is 0 Å². The Balaban J connectivity index is 1.66. The van der Waals surface area contributed by atoms with Crippen molar-refractivity contribution in [2.24, 2.45) is 0 Å². The molecule has 1 fully saturated rings. The molecule has 1 atom stereocenters. The first-order chi connectivity index (χ1) is 16.7. The van der Waals surface area contributed by atoms with Gasteiger partial charge in [0.1, 0.15) is 5.75 Å². The van der Waals surface area contributed by atoms with E-state index in [4.69, 9.17) is 4.74 Å². The summed E-state index contributed by atoms with van der Waals surface area (Å²) in [6.45, 7) is 4.92. The lowest BCUT2D eigenvalue weighted by molar-refractivity contribution is -0.137. The highest BCUT2D eigenvalue weighted by Crippen LogP contribution is 2.38. The standard InChI is InChI=1S/C27H26F3IN2O2/c1-17(2)35-25-13-19(26(34)33-9-7-21(16-33)20-4-3-8-32-15-20)5-6-24(25)22-10-18(14-31)11-23(12-22)27(28,29)30/h3-6,8,10-13,15,17,21H,7,9,14,16H2,1-2H3. The molecule has 8 heteroatoms. The van der Waals surface area contributed by atoms with Crippen molar-refractivity contribution in [1.82, 2.24) is 9.88 Å². The highest BCUT2D eigenvalue weighted by atomic mass is 127. The molecule has 35 heavy (non-hydrogen) atoms. The van der Waals surface area contributed by atoms with Gasteiger partial charge in [0.2, 0.25) is 0 Å². The van der Waals surface area contributed by atoms with Gasteiger partial charge in [0.15, 0.2) is 0 Å². The van der Waals surface area contributed by atoms with Crippen molar-refractivity contribution in [3.8, 4) is 16.9 Å². The van der Waals surface area contributed by atoms with E-state index in [0.717, 1.165) is 18.1 Å². The van der Waals surface area contributed by atoms with Crippen LogP contribution in [-0.2, 0) is 10.6 Å². The SMILES string of the molecule is CC(C)Oc1cc(C(=O)N2CCC(c3cccnc3)C2)ccc1-c1cc(CI)cc(C(F)(F)F)c1. The Morgan fingerprint density at radius 3 is 2.66 bits per heavy atom. The van der Waals surface area contributed by atoms with Crippen LogP contribution in [0.1, 0.15) is 53.2 Å². The van der Waals surface area contributed by atoms with Crippen molar-refractivity contribution in [3.05, 3.63) is 83.2 Å². The van der Waals surface area contributed by atoms with Crippen molar-refractivity contribution >= 4 is 28.5 Å². The summed E-state index contributed by atoms with van der Waals surface area (Å²) >= 11 is 2.05. The van der Waals surface area contributed by atoms with Gasteiger partial charge in [0, 0.05) is 47.0 Å². The first kappa shape index (κ1) is 25.5. The van der Waals surface area contributed by atoms with Crippen LogP contribution in [0.4, 0.5) is 13.2 Å². The number of carbonyl (C=O) groups excluding carboxylic acids is 1. The summed E-state index contributed by atoms with van der Waals surface area (Å²) in [7, 11) is 0. The van der Waals surface area contributed by atoms with Gasteiger partial charge in [-0.1, -0.05) is 34.7 Å². The largest absolute Gasteiger partial charge is 0.490 e. The molecule has 0 radical (unpaired) electrons. The van der Waals surface area contributed by atoms with Crippen LogP contribution in [-0.4, -0.2) is 35.0 Å². The van der Waals surface area contributed by atoms with Crippen LogP contribution >= 0.6 is 22.6 Å². The van der Waals surface area contributed by atoms with E-state index < -0.39 is 11.7 Å². The van der Waals surface area contributed by atoms with Gasteiger partial charge < -0.3 is 9.64 Å². The summed E-state index contributed by atoms with van der Waals surface area (Å²) in [5.41, 5.74) is 2.39. The van der Waals surface area contributed by atoms with Gasteiger partial charge in [-0.3, -0.25) is 9.78 Å². The lowest BCUT2D eigenvalue weighted by Crippen LogP contribution is -2.28. The molecule has 184 valence electrons. The Morgan fingerprint density at radius 1 is 1.20 bits per heavy atom. The van der Waals surface area contributed by atoms with E-state index >= 15 is 0 Å². The Bertz CT molecular complexity index is 1200. The third-order valence-electron chi connectivity index (χ3n) is 6.01. The van der Waals surface area contributed by atoms with Gasteiger partial charge in [0.25, 0.3) is 5.91 Å². The van der Waals surface area contributed by atoms with Crippen molar-refractivity contribution in [2.45, 2.75) is 42.9 Å². The van der Waals surface area contributed by atoms with Crippen LogP contribution in [0.5, 0.6) is 5.75 Å². The van der Waals surface area contributed by atoms with E-state index in [1.54, 1.807) is 30.5 Å². The molecule has 1 aliphatic heterocycles. The highest BCUT2D eigenvalue weighted by molar-refractivity contribution is 14.1. The number of benzene rings is 2. The maximum Gasteiger partial charge on any atom is 0.416 e. The van der Waals surface area contributed by atoms with Crippen LogP contribution in [0.25, 0.3) is 11.1 Å². The third kappa shape index (κ3) is 5.97. The monoisotopic (exact) mass is 594 g/mol. The fraction of sp³-hybridized carbons (Fsp3) is 0.333. The molecule has 3 aromatic rings. The second kappa shape index (κ2) is 10.6. The van der Waals surface area contributed by atoms with E-state index in [1.807, 2.05) is 37.1 Å². The van der Waals surface area contributed by atoms with E-state index in [-0.39, 0.29) is 17.9 Å². The average Bonchev–Trinajstić information content (AvgIpc) is 3.33. The van der Waals surface area contributed by atoms with Crippen LogP contribution in [0.2, 0.25) is 0 Å². The number of rotatable bonds is 6. The minimum Gasteiger partial charge on any atom is -0.490 e. The fourth-order valence-corrected chi connectivity index (χ4v) is 4.79. The van der Waals surface area contributed by atoms with Crippen molar-refractivity contribution in [2.75, 3.05) is 13.1 Å². The number of aromatic nitrogens is 1. The molecule has 4 rings (SSSR count). The Labute approximate surface area is 216 Å². The van der Waals surface area contributed by atoms with Crippen LogP contribution in [0.3, 0.4) is 0 Å². The minimum absolute atomic E-state index is 0.117. The number of pyridine rings is 1. The quantitative estimate of drug-likeness (QED) is 0.226. The van der Waals surface area contributed by atoms with Crippen LogP contribution in [0, 0.1) is 0 Å². The molecule has 1 amide bonds. The Morgan fingerprint density at radius 2 is 2.00 bits per heavy atom. The minimum atomic E-state index is -4.45. The van der Waals surface area contributed by atoms with E-state index in [2.05, 4.69) is 27.6 Å². The maximum atomic E-state index is 13.5. The summed E-state index contributed by atoms with van der Waals surface area (Å²) in [5.74, 6) is 0.510. The molecule has 4 nitrogen and oxygen atoms in total. The molecule has 2 aromatic carbocycles. The van der Waals surface area contributed by atoms with Crippen molar-refractivity contribution in [1.29, 1.82) is 0 Å². The molecule has 0 spiro atoms. The molecule has 0 N–H and O–H groups in total. The summed E-state index contributed by atoms with van der Waals surface area (Å²) < 4.78 is 47.0. The number of likely N-dealkylation sites (tertiary alicyclic amines) is 1. The summed E-state index contributed by atoms with van der Waals surface area (Å²) in [6.07, 6.45) is -0.246. The zero-order valence-corrected chi connectivity index (χ0v) is 21.6. The second-order valence-corrected chi connectivity index (χ2v) is 9.71. The number of hydrogen-bond donors (Lipinski definition) is 0. The lowest BCUT2D eigenvalue weighted by atomic mass is 9.97. The number of nitrogens with zero attached hydrogens (tertiary/aromatic N) is 2. The predicted octanol–water partition coefficient (Wildman–Crippen LogP) is 7.12. The average molecular weight is 594 g/mol. The zero-order valence-electron chi connectivity index (χ0n) is 19.5. The van der Waals surface area contributed by atoms with Crippen LogP contribution in [0.15, 0.2) is 60.9 Å². The molecule has 2 heterocycles. The molecular weight excluding hydrogens is 568 g/mol. The fourth-order valence-electron chi connectivity index (χ4n) is 4.35. The third-order valence-corrected chi connectivity index (χ3v) is 6.89. The van der Waals surface area contributed by atoms with Gasteiger partial charge >= 0.3 is 6.18 Å². The Hall–Kier alpha value is -2.62. The normalized spacial score (nSPS) is 16.1. The smallest absolute Gasteiger partial charge is 0.416 e. The first-order valence-electron chi connectivity index (χ1n) is 11.4. The second-order valence-electron chi connectivity index (χ2n) is 8.95. The van der Waals surface area contributed by atoms with Crippen LogP contribution < -0.4 is 4.74 Å².